The van der Waals surface area contributed by atoms with Crippen LogP contribution in [0, 0.1) is 17.8 Å². The number of H-pyrrole nitrogens is 1. The number of aromatic nitrogens is 1. The SMILES string of the molecule is O=C(NCc1ccccc1)C(=O)[C@H](C[C@@H]1CCCC1=O)NC(=O)[C@@H](CC(=O)c1cc2ccccc2[nH]1)CC1CCCC1. The second-order valence-corrected chi connectivity index (χ2v) is 11.9. The lowest BCUT2D eigenvalue weighted by atomic mass is 9.87. The van der Waals surface area contributed by atoms with Crippen LogP contribution in [0.5, 0.6) is 0 Å². The molecule has 0 radical (unpaired) electrons. The van der Waals surface area contributed by atoms with Crippen LogP contribution in [0.1, 0.15) is 80.3 Å². The molecular weight excluding hydrogens is 530 g/mol. The molecule has 220 valence electrons. The van der Waals surface area contributed by atoms with Gasteiger partial charge >= 0.3 is 0 Å². The Hall–Kier alpha value is -4.07. The van der Waals surface area contributed by atoms with Crippen LogP contribution in [0.25, 0.3) is 10.9 Å². The molecule has 1 heterocycles. The summed E-state index contributed by atoms with van der Waals surface area (Å²) in [5.74, 6) is -2.77. The van der Waals surface area contributed by atoms with Crippen molar-refractivity contribution in [1.82, 2.24) is 15.6 Å². The van der Waals surface area contributed by atoms with E-state index in [1.807, 2.05) is 54.6 Å². The van der Waals surface area contributed by atoms with Crippen LogP contribution < -0.4 is 10.6 Å². The van der Waals surface area contributed by atoms with Gasteiger partial charge in [-0.2, -0.15) is 0 Å². The Labute approximate surface area is 246 Å². The molecule has 2 aromatic carbocycles. The number of Topliss-reactive ketones (excluding diaryl/α,β-unsaturated/α-hetero) is 3. The zero-order valence-electron chi connectivity index (χ0n) is 23.9. The Morgan fingerprint density at radius 2 is 1.62 bits per heavy atom. The van der Waals surface area contributed by atoms with Gasteiger partial charge in [0.1, 0.15) is 5.78 Å². The number of para-hydroxylation sites is 1. The summed E-state index contributed by atoms with van der Waals surface area (Å²) in [4.78, 5) is 69.1. The molecule has 8 nitrogen and oxygen atoms in total. The highest BCUT2D eigenvalue weighted by Gasteiger charge is 2.36. The van der Waals surface area contributed by atoms with Crippen molar-refractivity contribution in [3.63, 3.8) is 0 Å². The first-order valence-electron chi connectivity index (χ1n) is 15.2. The fourth-order valence-electron chi connectivity index (χ4n) is 6.46. The molecule has 0 unspecified atom stereocenters. The van der Waals surface area contributed by atoms with E-state index in [2.05, 4.69) is 15.6 Å². The molecule has 5 rings (SSSR count). The second kappa shape index (κ2) is 13.7. The Morgan fingerprint density at radius 3 is 2.33 bits per heavy atom. The van der Waals surface area contributed by atoms with Crippen molar-refractivity contribution in [1.29, 1.82) is 0 Å². The van der Waals surface area contributed by atoms with Crippen LogP contribution in [-0.4, -0.2) is 40.2 Å². The number of hydrogen-bond donors (Lipinski definition) is 3. The smallest absolute Gasteiger partial charge is 0.289 e. The zero-order valence-corrected chi connectivity index (χ0v) is 23.9. The Morgan fingerprint density at radius 1 is 0.881 bits per heavy atom. The summed E-state index contributed by atoms with van der Waals surface area (Å²) in [6.07, 6.45) is 6.66. The standard InChI is InChI=1S/C34H39N3O5/c38-30-16-8-14-25(30)19-29(32(40)34(42)35-21-23-11-2-1-3-12-23)37-33(41)26(17-22-9-4-5-10-22)20-31(39)28-18-24-13-6-7-15-27(24)36-28/h1-3,6-7,11-13,15,18,22,25-26,29,36H,4-5,8-10,14,16-17,19-21H2,(H,35,42)(H,37,41)/t25-,26+,29-/m0/s1. The van der Waals surface area contributed by atoms with E-state index in [-0.39, 0.29) is 36.9 Å². The van der Waals surface area contributed by atoms with Crippen molar-refractivity contribution in [3.05, 3.63) is 71.9 Å². The summed E-state index contributed by atoms with van der Waals surface area (Å²) >= 11 is 0. The predicted molar refractivity (Wildman–Crippen MR) is 160 cm³/mol. The molecule has 2 aliphatic carbocycles. The average molecular weight is 570 g/mol. The van der Waals surface area contributed by atoms with E-state index in [1.165, 1.54) is 0 Å². The zero-order chi connectivity index (χ0) is 29.5. The lowest BCUT2D eigenvalue weighted by molar-refractivity contribution is -0.141. The number of aromatic amines is 1. The monoisotopic (exact) mass is 569 g/mol. The average Bonchev–Trinajstić information content (AvgIpc) is 3.77. The largest absolute Gasteiger partial charge is 0.352 e. The number of rotatable bonds is 13. The van der Waals surface area contributed by atoms with Gasteiger partial charge in [0.05, 0.1) is 11.7 Å². The summed E-state index contributed by atoms with van der Waals surface area (Å²) in [6.45, 7) is 0.178. The minimum absolute atomic E-state index is 0.00136. The Kier molecular flexibility index (Phi) is 9.62. The van der Waals surface area contributed by atoms with Gasteiger partial charge in [0.25, 0.3) is 5.91 Å². The number of amides is 2. The van der Waals surface area contributed by atoms with Gasteiger partial charge in [-0.05, 0) is 49.3 Å². The molecule has 0 bridgehead atoms. The Balaban J connectivity index is 1.31. The third kappa shape index (κ3) is 7.41. The Bertz CT molecular complexity index is 1410. The summed E-state index contributed by atoms with van der Waals surface area (Å²) in [6, 6.07) is 17.6. The molecule has 2 fully saturated rings. The van der Waals surface area contributed by atoms with Gasteiger partial charge in [-0.25, -0.2) is 0 Å². The third-order valence-corrected chi connectivity index (χ3v) is 8.83. The van der Waals surface area contributed by atoms with Crippen LogP contribution >= 0.6 is 0 Å². The molecule has 2 aliphatic rings. The molecule has 1 aromatic heterocycles. The maximum atomic E-state index is 13.8. The molecule has 3 atom stereocenters. The van der Waals surface area contributed by atoms with E-state index in [0.29, 0.717) is 30.9 Å². The summed E-state index contributed by atoms with van der Waals surface area (Å²) in [5.41, 5.74) is 2.15. The molecule has 8 heteroatoms. The fourth-order valence-corrected chi connectivity index (χ4v) is 6.46. The number of ketones is 3. The van der Waals surface area contributed by atoms with Crippen molar-refractivity contribution < 1.29 is 24.0 Å². The molecule has 0 aliphatic heterocycles. The van der Waals surface area contributed by atoms with Crippen LogP contribution in [-0.2, 0) is 25.7 Å². The number of nitrogens with one attached hydrogen (secondary N) is 3. The lowest BCUT2D eigenvalue weighted by Gasteiger charge is -2.24. The number of benzene rings is 2. The first-order valence-corrected chi connectivity index (χ1v) is 15.2. The van der Waals surface area contributed by atoms with Gasteiger partial charge in [-0.3, -0.25) is 24.0 Å². The summed E-state index contributed by atoms with van der Waals surface area (Å²) in [5, 5.41) is 6.42. The molecule has 3 aromatic rings. The number of carbonyl (C=O) groups excluding carboxylic acids is 5. The van der Waals surface area contributed by atoms with Crippen LogP contribution in [0.15, 0.2) is 60.7 Å². The minimum Gasteiger partial charge on any atom is -0.352 e. The minimum atomic E-state index is -1.13. The normalized spacial score (nSPS) is 18.6. The molecule has 2 saturated carbocycles. The van der Waals surface area contributed by atoms with E-state index in [9.17, 15) is 24.0 Å². The highest BCUT2D eigenvalue weighted by Crippen LogP contribution is 2.33. The number of fused-ring (bicyclic) bond motifs is 1. The third-order valence-electron chi connectivity index (χ3n) is 8.83. The van der Waals surface area contributed by atoms with Crippen molar-refractivity contribution in [2.24, 2.45) is 17.8 Å². The van der Waals surface area contributed by atoms with Crippen molar-refractivity contribution >= 4 is 40.1 Å². The van der Waals surface area contributed by atoms with Crippen molar-refractivity contribution in [2.75, 3.05) is 0 Å². The van der Waals surface area contributed by atoms with Gasteiger partial charge < -0.3 is 15.6 Å². The predicted octanol–water partition coefficient (Wildman–Crippen LogP) is 5.07. The highest BCUT2D eigenvalue weighted by atomic mass is 16.2. The quantitative estimate of drug-likeness (QED) is 0.196. The van der Waals surface area contributed by atoms with Crippen LogP contribution in [0.3, 0.4) is 0 Å². The molecule has 42 heavy (non-hydrogen) atoms. The van der Waals surface area contributed by atoms with Gasteiger partial charge in [0.15, 0.2) is 5.78 Å². The van der Waals surface area contributed by atoms with Crippen LogP contribution in [0.4, 0.5) is 0 Å². The fraction of sp³-hybridized carbons (Fsp3) is 0.441. The van der Waals surface area contributed by atoms with E-state index >= 15 is 0 Å². The second-order valence-electron chi connectivity index (χ2n) is 11.9. The van der Waals surface area contributed by atoms with Gasteiger partial charge in [0, 0.05) is 42.1 Å². The molecule has 3 N–H and O–H groups in total. The summed E-state index contributed by atoms with van der Waals surface area (Å²) < 4.78 is 0. The van der Waals surface area contributed by atoms with Gasteiger partial charge in [-0.15, -0.1) is 0 Å². The molecule has 0 spiro atoms. The molecular formula is C34H39N3O5. The lowest BCUT2D eigenvalue weighted by Crippen LogP contribution is -2.50. The molecule has 2 amide bonds. The number of hydrogen-bond acceptors (Lipinski definition) is 5. The van der Waals surface area contributed by atoms with Gasteiger partial charge in [0.2, 0.25) is 11.7 Å². The van der Waals surface area contributed by atoms with Crippen LogP contribution in [0.2, 0.25) is 0 Å². The van der Waals surface area contributed by atoms with E-state index in [0.717, 1.165) is 48.6 Å². The summed E-state index contributed by atoms with van der Waals surface area (Å²) in [7, 11) is 0. The highest BCUT2D eigenvalue weighted by molar-refractivity contribution is 6.38. The van der Waals surface area contributed by atoms with Crippen molar-refractivity contribution in [2.45, 2.75) is 76.8 Å². The van der Waals surface area contributed by atoms with E-state index < -0.39 is 29.6 Å². The topological polar surface area (TPSA) is 125 Å². The first-order chi connectivity index (χ1) is 20.4. The van der Waals surface area contributed by atoms with Gasteiger partial charge in [-0.1, -0.05) is 74.2 Å². The number of carbonyl (C=O) groups is 5. The molecule has 0 saturated heterocycles. The van der Waals surface area contributed by atoms with Crippen molar-refractivity contribution in [3.8, 4) is 0 Å². The maximum absolute atomic E-state index is 13.8. The first kappa shape index (κ1) is 29.4. The maximum Gasteiger partial charge on any atom is 0.289 e. The van der Waals surface area contributed by atoms with E-state index in [4.69, 9.17) is 0 Å². The van der Waals surface area contributed by atoms with E-state index in [1.54, 1.807) is 6.07 Å².